The van der Waals surface area contributed by atoms with Crippen LogP contribution in [-0.4, -0.2) is 22.1 Å². The Bertz CT molecular complexity index is 981. The number of aliphatic hydroxyl groups is 1. The fourth-order valence-electron chi connectivity index (χ4n) is 3.49. The quantitative estimate of drug-likeness (QED) is 0.756. The first-order valence-corrected chi connectivity index (χ1v) is 8.16. The van der Waals surface area contributed by atoms with Gasteiger partial charge < -0.3 is 10.4 Å². The number of pyridine rings is 1. The molecule has 1 aromatic heterocycles. The molecule has 4 rings (SSSR count). The summed E-state index contributed by atoms with van der Waals surface area (Å²) in [6.45, 7) is 1.76. The van der Waals surface area contributed by atoms with E-state index in [1.807, 2.05) is 24.3 Å². The lowest BCUT2D eigenvalue weighted by molar-refractivity contribution is 0.0859. The maximum atomic E-state index is 13.5. The van der Waals surface area contributed by atoms with Gasteiger partial charge in [-0.2, -0.15) is 0 Å². The highest BCUT2D eigenvalue weighted by atomic mass is 19.1. The van der Waals surface area contributed by atoms with Crippen LogP contribution in [0.4, 0.5) is 4.39 Å². The number of halogens is 1. The van der Waals surface area contributed by atoms with E-state index >= 15 is 0 Å². The molecule has 1 aliphatic carbocycles. The minimum Gasteiger partial charge on any atom is -0.390 e. The minimum atomic E-state index is -0.659. The van der Waals surface area contributed by atoms with Crippen LogP contribution in [0.3, 0.4) is 0 Å². The Hall–Kier alpha value is -2.79. The fourth-order valence-corrected chi connectivity index (χ4v) is 3.49. The van der Waals surface area contributed by atoms with Crippen molar-refractivity contribution in [3.05, 3.63) is 76.7 Å². The lowest BCUT2D eigenvalue weighted by Crippen LogP contribution is -2.34. The van der Waals surface area contributed by atoms with Crippen molar-refractivity contribution in [1.82, 2.24) is 10.3 Å². The summed E-state index contributed by atoms with van der Waals surface area (Å²) in [6, 6.07) is 13.1. The predicted molar refractivity (Wildman–Crippen MR) is 92.8 cm³/mol. The standard InChI is InChI=1S/C20H17FN2O2/c1-11-8-16(15-7-6-13(21)10-17(15)22-11)20(25)23-19-14-5-3-2-4-12(14)9-18(19)24/h2-8,10,18-19,24H,9H2,1H3,(H,23,25)/t18-,19+/m1/s1. The third-order valence-corrected chi connectivity index (χ3v) is 4.64. The second-order valence-corrected chi connectivity index (χ2v) is 6.39. The molecular weight excluding hydrogens is 319 g/mol. The number of fused-ring (bicyclic) bond motifs is 2. The van der Waals surface area contributed by atoms with Crippen LogP contribution in [0, 0.1) is 12.7 Å². The molecule has 1 amide bonds. The summed E-state index contributed by atoms with van der Waals surface area (Å²) < 4.78 is 13.5. The van der Waals surface area contributed by atoms with Crippen LogP contribution in [0.2, 0.25) is 0 Å². The van der Waals surface area contributed by atoms with Gasteiger partial charge in [-0.25, -0.2) is 4.39 Å². The lowest BCUT2D eigenvalue weighted by Gasteiger charge is -2.19. The van der Waals surface area contributed by atoms with Gasteiger partial charge in [0.1, 0.15) is 5.82 Å². The highest BCUT2D eigenvalue weighted by molar-refractivity contribution is 6.06. The normalized spacial score (nSPS) is 19.0. The first kappa shape index (κ1) is 15.7. The van der Waals surface area contributed by atoms with E-state index in [9.17, 15) is 14.3 Å². The molecule has 3 aromatic rings. The molecule has 0 aliphatic heterocycles. The molecule has 2 aromatic carbocycles. The third-order valence-electron chi connectivity index (χ3n) is 4.64. The smallest absolute Gasteiger partial charge is 0.252 e. The number of carbonyl (C=O) groups excluding carboxylic acids is 1. The Kier molecular flexibility index (Phi) is 3.73. The van der Waals surface area contributed by atoms with Crippen LogP contribution in [0.1, 0.15) is 33.2 Å². The third kappa shape index (κ3) is 2.76. The van der Waals surface area contributed by atoms with Gasteiger partial charge in [0.05, 0.1) is 23.2 Å². The number of amides is 1. The molecule has 0 unspecified atom stereocenters. The zero-order chi connectivity index (χ0) is 17.6. The molecule has 126 valence electrons. The maximum absolute atomic E-state index is 13.5. The van der Waals surface area contributed by atoms with Gasteiger partial charge in [0.2, 0.25) is 0 Å². The zero-order valence-corrected chi connectivity index (χ0v) is 13.7. The SMILES string of the molecule is Cc1cc(C(=O)N[C@H]2c3ccccc3C[C@H]2O)c2ccc(F)cc2n1. The van der Waals surface area contributed by atoms with Crippen LogP contribution in [0.5, 0.6) is 0 Å². The van der Waals surface area contributed by atoms with Crippen molar-refractivity contribution in [2.24, 2.45) is 0 Å². The number of aryl methyl sites for hydroxylation is 1. The second kappa shape index (κ2) is 5.93. The number of rotatable bonds is 2. The van der Waals surface area contributed by atoms with Crippen LogP contribution < -0.4 is 5.32 Å². The number of benzene rings is 2. The van der Waals surface area contributed by atoms with Crippen LogP contribution in [0.15, 0.2) is 48.5 Å². The number of nitrogens with one attached hydrogen (secondary N) is 1. The van der Waals surface area contributed by atoms with E-state index in [0.29, 0.717) is 28.6 Å². The monoisotopic (exact) mass is 336 g/mol. The number of hydrogen-bond acceptors (Lipinski definition) is 3. The summed E-state index contributed by atoms with van der Waals surface area (Å²) in [7, 11) is 0. The van der Waals surface area contributed by atoms with Gasteiger partial charge in [-0.15, -0.1) is 0 Å². The topological polar surface area (TPSA) is 62.2 Å². The van der Waals surface area contributed by atoms with E-state index in [4.69, 9.17) is 0 Å². The fraction of sp³-hybridized carbons (Fsp3) is 0.200. The molecule has 0 fully saturated rings. The summed E-state index contributed by atoms with van der Waals surface area (Å²) in [5.41, 5.74) is 3.48. The van der Waals surface area contributed by atoms with Crippen molar-refractivity contribution in [1.29, 1.82) is 0 Å². The Labute approximate surface area is 144 Å². The van der Waals surface area contributed by atoms with Crippen LogP contribution in [-0.2, 0) is 6.42 Å². The average molecular weight is 336 g/mol. The predicted octanol–water partition coefficient (Wildman–Crippen LogP) is 3.07. The minimum absolute atomic E-state index is 0.303. The van der Waals surface area contributed by atoms with E-state index in [0.717, 1.165) is 11.1 Å². The number of aliphatic hydroxyl groups excluding tert-OH is 1. The Balaban J connectivity index is 1.72. The summed E-state index contributed by atoms with van der Waals surface area (Å²) in [4.78, 5) is 17.2. The molecule has 0 saturated carbocycles. The van der Waals surface area contributed by atoms with Gasteiger partial charge >= 0.3 is 0 Å². The molecule has 5 heteroatoms. The van der Waals surface area contributed by atoms with Gasteiger partial charge in [0.15, 0.2) is 0 Å². The van der Waals surface area contributed by atoms with Gasteiger partial charge in [-0.05, 0) is 36.2 Å². The largest absolute Gasteiger partial charge is 0.390 e. The van der Waals surface area contributed by atoms with Crippen molar-refractivity contribution in [3.63, 3.8) is 0 Å². The maximum Gasteiger partial charge on any atom is 0.252 e. The van der Waals surface area contributed by atoms with Crippen LogP contribution in [0.25, 0.3) is 10.9 Å². The number of nitrogens with zero attached hydrogens (tertiary/aromatic N) is 1. The number of aromatic nitrogens is 1. The van der Waals surface area contributed by atoms with Crippen LogP contribution >= 0.6 is 0 Å². The second-order valence-electron chi connectivity index (χ2n) is 6.39. The molecule has 0 saturated heterocycles. The molecule has 0 spiro atoms. The van der Waals surface area contributed by atoms with Crippen molar-refractivity contribution in [2.75, 3.05) is 0 Å². The first-order chi connectivity index (χ1) is 12.0. The van der Waals surface area contributed by atoms with E-state index in [-0.39, 0.29) is 5.91 Å². The van der Waals surface area contributed by atoms with Gasteiger partial charge in [0.25, 0.3) is 5.91 Å². The average Bonchev–Trinajstić information content (AvgIpc) is 2.89. The zero-order valence-electron chi connectivity index (χ0n) is 13.7. The molecule has 0 radical (unpaired) electrons. The highest BCUT2D eigenvalue weighted by Gasteiger charge is 2.32. The summed E-state index contributed by atoms with van der Waals surface area (Å²) in [5, 5.41) is 13.8. The molecular formula is C20H17FN2O2. The van der Waals surface area contributed by atoms with E-state index in [1.165, 1.54) is 12.1 Å². The number of hydrogen-bond donors (Lipinski definition) is 2. The Morgan fingerprint density at radius 2 is 2.04 bits per heavy atom. The van der Waals surface area contributed by atoms with E-state index < -0.39 is 18.0 Å². The van der Waals surface area contributed by atoms with Gasteiger partial charge in [-0.1, -0.05) is 24.3 Å². The summed E-state index contributed by atoms with van der Waals surface area (Å²) in [6.07, 6.45) is -0.143. The van der Waals surface area contributed by atoms with Crippen molar-refractivity contribution in [2.45, 2.75) is 25.5 Å². The molecule has 2 N–H and O–H groups in total. The van der Waals surface area contributed by atoms with E-state index in [1.54, 1.807) is 19.1 Å². The van der Waals surface area contributed by atoms with Crippen molar-refractivity contribution >= 4 is 16.8 Å². The number of carbonyl (C=O) groups is 1. The molecule has 25 heavy (non-hydrogen) atoms. The van der Waals surface area contributed by atoms with Gasteiger partial charge in [0, 0.05) is 23.6 Å². The van der Waals surface area contributed by atoms with Gasteiger partial charge in [-0.3, -0.25) is 9.78 Å². The summed E-state index contributed by atoms with van der Waals surface area (Å²) >= 11 is 0. The van der Waals surface area contributed by atoms with Crippen molar-refractivity contribution in [3.8, 4) is 0 Å². The molecule has 1 aliphatic rings. The molecule has 2 atom stereocenters. The Morgan fingerprint density at radius 1 is 1.24 bits per heavy atom. The molecule has 1 heterocycles. The highest BCUT2D eigenvalue weighted by Crippen LogP contribution is 2.32. The van der Waals surface area contributed by atoms with Crippen molar-refractivity contribution < 1.29 is 14.3 Å². The molecule has 0 bridgehead atoms. The first-order valence-electron chi connectivity index (χ1n) is 8.16. The Morgan fingerprint density at radius 3 is 2.88 bits per heavy atom. The lowest BCUT2D eigenvalue weighted by atomic mass is 10.0. The summed E-state index contributed by atoms with van der Waals surface area (Å²) in [5.74, 6) is -0.694. The van der Waals surface area contributed by atoms with E-state index in [2.05, 4.69) is 10.3 Å². The molecule has 4 nitrogen and oxygen atoms in total.